The lowest BCUT2D eigenvalue weighted by Crippen LogP contribution is -2.40. The summed E-state index contributed by atoms with van der Waals surface area (Å²) in [4.78, 5) is 2.47. The topological polar surface area (TPSA) is 35.5 Å². The van der Waals surface area contributed by atoms with Gasteiger partial charge in [0.05, 0.1) is 0 Å². The molecule has 1 saturated heterocycles. The number of phenolic OH excluding ortho intramolecular Hbond substituents is 1. The van der Waals surface area contributed by atoms with E-state index < -0.39 is 0 Å². The molecule has 0 amide bonds. The number of piperidine rings is 1. The van der Waals surface area contributed by atoms with Gasteiger partial charge in [-0.25, -0.2) is 4.39 Å². The predicted molar refractivity (Wildman–Crippen MR) is 81.8 cm³/mol. The number of nitrogens with one attached hydrogen (secondary N) is 1. The molecule has 0 aromatic heterocycles. The normalized spacial score (nSPS) is 24.2. The largest absolute Gasteiger partial charge is 0.508 e. The van der Waals surface area contributed by atoms with Gasteiger partial charge in [-0.2, -0.15) is 0 Å². The highest BCUT2D eigenvalue weighted by Gasteiger charge is 2.35. The van der Waals surface area contributed by atoms with Gasteiger partial charge in [-0.1, -0.05) is 6.07 Å². The van der Waals surface area contributed by atoms with Crippen molar-refractivity contribution >= 4 is 0 Å². The molecule has 2 unspecified atom stereocenters. The molecule has 2 aliphatic rings. The van der Waals surface area contributed by atoms with Crippen LogP contribution in [0.5, 0.6) is 5.75 Å². The number of nitrogens with zero attached hydrogens (tertiary/aromatic N) is 1. The molecule has 2 fully saturated rings. The van der Waals surface area contributed by atoms with Gasteiger partial charge >= 0.3 is 0 Å². The number of rotatable bonds is 5. The monoisotopic (exact) mass is 292 g/mol. The lowest BCUT2D eigenvalue weighted by molar-refractivity contribution is 0.151. The van der Waals surface area contributed by atoms with Crippen LogP contribution < -0.4 is 5.32 Å². The maximum absolute atomic E-state index is 14.1. The molecule has 1 saturated carbocycles. The molecule has 21 heavy (non-hydrogen) atoms. The Kier molecular flexibility index (Phi) is 4.45. The second-order valence-electron chi connectivity index (χ2n) is 6.52. The molecule has 2 atom stereocenters. The zero-order chi connectivity index (χ0) is 14.8. The Bertz CT molecular complexity index is 484. The molecule has 0 bridgehead atoms. The maximum Gasteiger partial charge on any atom is 0.131 e. The third kappa shape index (κ3) is 3.55. The number of hydrogen-bond acceptors (Lipinski definition) is 3. The van der Waals surface area contributed by atoms with Crippen molar-refractivity contribution in [3.8, 4) is 5.75 Å². The van der Waals surface area contributed by atoms with E-state index in [0.717, 1.165) is 19.6 Å². The fourth-order valence-electron chi connectivity index (χ4n) is 3.44. The molecule has 0 spiro atoms. The maximum atomic E-state index is 14.1. The predicted octanol–water partition coefficient (Wildman–Crippen LogP) is 3.06. The second kappa shape index (κ2) is 6.32. The van der Waals surface area contributed by atoms with Crippen molar-refractivity contribution in [2.45, 2.75) is 44.7 Å². The molecule has 1 aliphatic heterocycles. The summed E-state index contributed by atoms with van der Waals surface area (Å²) in [5.41, 5.74) is 0.698. The Hall–Kier alpha value is -1.13. The van der Waals surface area contributed by atoms with Crippen LogP contribution in [-0.4, -0.2) is 35.7 Å². The van der Waals surface area contributed by atoms with E-state index in [0.29, 0.717) is 17.5 Å². The Balaban J connectivity index is 1.73. The van der Waals surface area contributed by atoms with Crippen molar-refractivity contribution in [3.05, 3.63) is 29.6 Å². The molecule has 1 heterocycles. The van der Waals surface area contributed by atoms with Crippen LogP contribution >= 0.6 is 0 Å². The van der Waals surface area contributed by atoms with E-state index in [2.05, 4.69) is 17.1 Å². The zero-order valence-electron chi connectivity index (χ0n) is 12.7. The van der Waals surface area contributed by atoms with E-state index in [9.17, 15) is 9.50 Å². The third-order valence-corrected chi connectivity index (χ3v) is 4.82. The summed E-state index contributed by atoms with van der Waals surface area (Å²) in [6, 6.07) is 5.21. The van der Waals surface area contributed by atoms with Crippen LogP contribution in [-0.2, 0) is 0 Å². The number of benzene rings is 1. The van der Waals surface area contributed by atoms with E-state index in [4.69, 9.17) is 0 Å². The smallest absolute Gasteiger partial charge is 0.131 e. The van der Waals surface area contributed by atoms with Crippen LogP contribution in [0.4, 0.5) is 4.39 Å². The Morgan fingerprint density at radius 3 is 2.81 bits per heavy atom. The van der Waals surface area contributed by atoms with Crippen LogP contribution in [0.1, 0.15) is 44.2 Å². The van der Waals surface area contributed by atoms with Crippen molar-refractivity contribution in [2.24, 2.45) is 5.92 Å². The highest BCUT2D eigenvalue weighted by molar-refractivity contribution is 5.29. The fraction of sp³-hybridized carbons (Fsp3) is 0.647. The quantitative estimate of drug-likeness (QED) is 0.875. The van der Waals surface area contributed by atoms with Crippen LogP contribution in [0, 0.1) is 11.7 Å². The minimum atomic E-state index is -0.296. The fourth-order valence-corrected chi connectivity index (χ4v) is 3.44. The van der Waals surface area contributed by atoms with E-state index >= 15 is 0 Å². The van der Waals surface area contributed by atoms with Crippen LogP contribution in [0.3, 0.4) is 0 Å². The molecule has 3 nitrogen and oxygen atoms in total. The van der Waals surface area contributed by atoms with E-state index in [1.807, 2.05) is 0 Å². The van der Waals surface area contributed by atoms with Crippen molar-refractivity contribution in [3.63, 3.8) is 0 Å². The Morgan fingerprint density at radius 1 is 1.38 bits per heavy atom. The summed E-state index contributed by atoms with van der Waals surface area (Å²) < 4.78 is 14.1. The first kappa shape index (κ1) is 14.8. The van der Waals surface area contributed by atoms with Gasteiger partial charge in [-0.05, 0) is 57.7 Å². The van der Waals surface area contributed by atoms with Gasteiger partial charge < -0.3 is 10.4 Å². The van der Waals surface area contributed by atoms with Crippen molar-refractivity contribution in [1.29, 1.82) is 0 Å². The number of aromatic hydroxyl groups is 1. The molecule has 4 heteroatoms. The summed E-state index contributed by atoms with van der Waals surface area (Å²) >= 11 is 0. The first-order valence-corrected chi connectivity index (χ1v) is 8.10. The van der Waals surface area contributed by atoms with E-state index in [1.54, 1.807) is 12.1 Å². The molecule has 1 aromatic carbocycles. The first-order valence-electron chi connectivity index (χ1n) is 8.10. The molecule has 116 valence electrons. The standard InChI is InChI=1S/C17H25FN2O/c1-12(16-7-6-15(21)9-17(16)18)20(14-4-5-14)11-13-3-2-8-19-10-13/h6-7,9,12-14,19,21H,2-5,8,10-11H2,1H3. The summed E-state index contributed by atoms with van der Waals surface area (Å²) in [7, 11) is 0. The SMILES string of the molecule is CC(c1ccc(O)cc1F)N(CC1CCCNC1)C1CC1. The minimum Gasteiger partial charge on any atom is -0.508 e. The average molecular weight is 292 g/mol. The lowest BCUT2D eigenvalue weighted by Gasteiger charge is -2.34. The first-order chi connectivity index (χ1) is 10.1. The molecular weight excluding hydrogens is 267 g/mol. The third-order valence-electron chi connectivity index (χ3n) is 4.82. The summed E-state index contributed by atoms with van der Waals surface area (Å²) in [5.74, 6) is 0.370. The van der Waals surface area contributed by atoms with Gasteiger partial charge in [0.1, 0.15) is 11.6 Å². The molecular formula is C17H25FN2O. The average Bonchev–Trinajstić information content (AvgIpc) is 3.30. The highest BCUT2D eigenvalue weighted by Crippen LogP contribution is 2.36. The van der Waals surface area contributed by atoms with Gasteiger partial charge in [0.25, 0.3) is 0 Å². The Morgan fingerprint density at radius 2 is 2.19 bits per heavy atom. The van der Waals surface area contributed by atoms with Crippen molar-refractivity contribution in [2.75, 3.05) is 19.6 Å². The zero-order valence-corrected chi connectivity index (χ0v) is 12.7. The molecule has 3 rings (SSSR count). The van der Waals surface area contributed by atoms with Crippen LogP contribution in [0.25, 0.3) is 0 Å². The highest BCUT2D eigenvalue weighted by atomic mass is 19.1. The second-order valence-corrected chi connectivity index (χ2v) is 6.52. The summed E-state index contributed by atoms with van der Waals surface area (Å²) in [6.45, 7) is 5.33. The van der Waals surface area contributed by atoms with E-state index in [1.165, 1.54) is 31.7 Å². The van der Waals surface area contributed by atoms with Crippen LogP contribution in [0.15, 0.2) is 18.2 Å². The van der Waals surface area contributed by atoms with Gasteiger partial charge in [0.2, 0.25) is 0 Å². The van der Waals surface area contributed by atoms with Crippen LogP contribution in [0.2, 0.25) is 0 Å². The molecule has 2 N–H and O–H groups in total. The number of hydrogen-bond donors (Lipinski definition) is 2. The van der Waals surface area contributed by atoms with Crippen molar-refractivity contribution < 1.29 is 9.50 Å². The van der Waals surface area contributed by atoms with E-state index in [-0.39, 0.29) is 17.6 Å². The van der Waals surface area contributed by atoms with Gasteiger partial charge in [0, 0.05) is 30.3 Å². The Labute approximate surface area is 126 Å². The van der Waals surface area contributed by atoms with Gasteiger partial charge in [-0.3, -0.25) is 4.90 Å². The summed E-state index contributed by atoms with van der Waals surface area (Å²) in [6.07, 6.45) is 4.96. The van der Waals surface area contributed by atoms with Gasteiger partial charge in [0.15, 0.2) is 0 Å². The lowest BCUT2D eigenvalue weighted by atomic mass is 9.97. The van der Waals surface area contributed by atoms with Gasteiger partial charge in [-0.15, -0.1) is 0 Å². The number of halogens is 1. The molecule has 1 aromatic rings. The molecule has 0 radical (unpaired) electrons. The van der Waals surface area contributed by atoms with Crippen molar-refractivity contribution in [1.82, 2.24) is 10.2 Å². The minimum absolute atomic E-state index is 0.00194. The summed E-state index contributed by atoms with van der Waals surface area (Å²) in [5, 5.41) is 12.8. The number of phenols is 1. The molecule has 1 aliphatic carbocycles.